The first kappa shape index (κ1) is 18.9. The Labute approximate surface area is 158 Å². The largest absolute Gasteiger partial charge is 0.492 e. The van der Waals surface area contributed by atoms with Gasteiger partial charge in [0.2, 0.25) is 5.91 Å². The Kier molecular flexibility index (Phi) is 6.43. The van der Waals surface area contributed by atoms with E-state index in [1.54, 1.807) is 18.1 Å². The van der Waals surface area contributed by atoms with Crippen molar-refractivity contribution < 1.29 is 19.1 Å². The van der Waals surface area contributed by atoms with Gasteiger partial charge in [0, 0.05) is 19.9 Å². The van der Waals surface area contributed by atoms with Gasteiger partial charge in [-0.1, -0.05) is 18.2 Å². The van der Waals surface area contributed by atoms with E-state index in [0.717, 1.165) is 18.6 Å². The molecular formula is C19H24N4O4. The second kappa shape index (κ2) is 9.18. The zero-order valence-corrected chi connectivity index (χ0v) is 15.3. The SMILES string of the molecule is CN(CCOc1ccccc1)C(=O)Cn1cc(NC(=O)C2CCCO2)cn1. The lowest BCUT2D eigenvalue weighted by atomic mass is 10.2. The van der Waals surface area contributed by atoms with Crippen molar-refractivity contribution in [1.82, 2.24) is 14.7 Å². The van der Waals surface area contributed by atoms with Crippen LogP contribution >= 0.6 is 0 Å². The molecule has 0 aliphatic carbocycles. The van der Waals surface area contributed by atoms with E-state index in [9.17, 15) is 9.59 Å². The number of nitrogens with one attached hydrogen (secondary N) is 1. The van der Waals surface area contributed by atoms with E-state index in [2.05, 4.69) is 10.4 Å². The lowest BCUT2D eigenvalue weighted by Crippen LogP contribution is -2.33. The van der Waals surface area contributed by atoms with Gasteiger partial charge in [0.25, 0.3) is 5.91 Å². The Hall–Kier alpha value is -2.87. The van der Waals surface area contributed by atoms with Crippen molar-refractivity contribution in [1.29, 1.82) is 0 Å². The molecule has 1 saturated heterocycles. The molecule has 1 aliphatic heterocycles. The van der Waals surface area contributed by atoms with Crippen LogP contribution in [0.5, 0.6) is 5.75 Å². The Morgan fingerprint density at radius 1 is 1.37 bits per heavy atom. The molecule has 8 nitrogen and oxygen atoms in total. The lowest BCUT2D eigenvalue weighted by molar-refractivity contribution is -0.131. The highest BCUT2D eigenvalue weighted by atomic mass is 16.5. The summed E-state index contributed by atoms with van der Waals surface area (Å²) in [6, 6.07) is 9.47. The number of aromatic nitrogens is 2. The third kappa shape index (κ3) is 5.55. The van der Waals surface area contributed by atoms with E-state index in [4.69, 9.17) is 9.47 Å². The van der Waals surface area contributed by atoms with Crippen molar-refractivity contribution in [3.05, 3.63) is 42.7 Å². The molecule has 0 bridgehead atoms. The van der Waals surface area contributed by atoms with Crippen LogP contribution in [0.1, 0.15) is 12.8 Å². The van der Waals surface area contributed by atoms with E-state index in [1.807, 2.05) is 30.3 Å². The molecule has 144 valence electrons. The van der Waals surface area contributed by atoms with E-state index in [-0.39, 0.29) is 18.4 Å². The van der Waals surface area contributed by atoms with Crippen molar-refractivity contribution in [3.63, 3.8) is 0 Å². The van der Waals surface area contributed by atoms with Crippen LogP contribution in [0.25, 0.3) is 0 Å². The van der Waals surface area contributed by atoms with Gasteiger partial charge < -0.3 is 19.7 Å². The van der Waals surface area contributed by atoms with Crippen LogP contribution in [0.15, 0.2) is 42.7 Å². The Morgan fingerprint density at radius 3 is 2.93 bits per heavy atom. The zero-order chi connectivity index (χ0) is 19.1. The van der Waals surface area contributed by atoms with Crippen molar-refractivity contribution in [2.75, 3.05) is 32.1 Å². The van der Waals surface area contributed by atoms with Gasteiger partial charge in [0.15, 0.2) is 0 Å². The summed E-state index contributed by atoms with van der Waals surface area (Å²) in [5.41, 5.74) is 0.554. The number of para-hydroxylation sites is 1. The van der Waals surface area contributed by atoms with E-state index >= 15 is 0 Å². The van der Waals surface area contributed by atoms with Crippen LogP contribution in [0.2, 0.25) is 0 Å². The fraction of sp³-hybridized carbons (Fsp3) is 0.421. The van der Waals surface area contributed by atoms with Gasteiger partial charge >= 0.3 is 0 Å². The minimum Gasteiger partial charge on any atom is -0.492 e. The molecule has 1 aromatic heterocycles. The topological polar surface area (TPSA) is 85.7 Å². The highest BCUT2D eigenvalue weighted by Crippen LogP contribution is 2.15. The molecule has 8 heteroatoms. The van der Waals surface area contributed by atoms with Crippen LogP contribution in [0, 0.1) is 0 Å². The Balaban J connectivity index is 1.42. The summed E-state index contributed by atoms with van der Waals surface area (Å²) in [7, 11) is 1.72. The quantitative estimate of drug-likeness (QED) is 0.760. The number of benzene rings is 1. The number of likely N-dealkylation sites (N-methyl/N-ethyl adjacent to an activating group) is 1. The van der Waals surface area contributed by atoms with Crippen molar-refractivity contribution >= 4 is 17.5 Å². The smallest absolute Gasteiger partial charge is 0.253 e. The van der Waals surface area contributed by atoms with Gasteiger partial charge in [-0.2, -0.15) is 5.10 Å². The van der Waals surface area contributed by atoms with Crippen LogP contribution in [-0.4, -0.2) is 59.4 Å². The average Bonchev–Trinajstić information content (AvgIpc) is 3.35. The predicted octanol–water partition coefficient (Wildman–Crippen LogP) is 1.54. The summed E-state index contributed by atoms with van der Waals surface area (Å²) in [6.45, 7) is 1.59. The summed E-state index contributed by atoms with van der Waals surface area (Å²) < 4.78 is 12.4. The number of carbonyl (C=O) groups excluding carboxylic acids is 2. The lowest BCUT2D eigenvalue weighted by Gasteiger charge is -2.17. The molecule has 27 heavy (non-hydrogen) atoms. The second-order valence-electron chi connectivity index (χ2n) is 6.39. The molecule has 2 amide bonds. The number of hydrogen-bond donors (Lipinski definition) is 1. The maximum atomic E-state index is 12.3. The first-order valence-electron chi connectivity index (χ1n) is 8.98. The van der Waals surface area contributed by atoms with Crippen molar-refractivity contribution in [3.8, 4) is 5.75 Å². The fourth-order valence-corrected chi connectivity index (χ4v) is 2.72. The average molecular weight is 372 g/mol. The van der Waals surface area contributed by atoms with Crippen LogP contribution in [0.4, 0.5) is 5.69 Å². The van der Waals surface area contributed by atoms with Gasteiger partial charge in [-0.3, -0.25) is 14.3 Å². The van der Waals surface area contributed by atoms with Gasteiger partial charge in [-0.15, -0.1) is 0 Å². The van der Waals surface area contributed by atoms with Crippen LogP contribution < -0.4 is 10.1 Å². The molecule has 3 rings (SSSR count). The third-order valence-corrected chi connectivity index (χ3v) is 4.28. The number of amides is 2. The number of anilines is 1. The minimum absolute atomic E-state index is 0.0910. The van der Waals surface area contributed by atoms with Gasteiger partial charge in [0.1, 0.15) is 25.0 Å². The minimum atomic E-state index is -0.397. The maximum Gasteiger partial charge on any atom is 0.253 e. The van der Waals surface area contributed by atoms with Gasteiger partial charge in [-0.05, 0) is 25.0 Å². The van der Waals surface area contributed by atoms with Crippen molar-refractivity contribution in [2.24, 2.45) is 0 Å². The molecule has 2 aromatic rings. The monoisotopic (exact) mass is 372 g/mol. The number of carbonyl (C=O) groups is 2. The summed E-state index contributed by atoms with van der Waals surface area (Å²) in [6.07, 6.45) is 4.39. The fourth-order valence-electron chi connectivity index (χ4n) is 2.72. The highest BCUT2D eigenvalue weighted by molar-refractivity contribution is 5.94. The summed E-state index contributed by atoms with van der Waals surface area (Å²) in [4.78, 5) is 25.9. The number of nitrogens with zero attached hydrogens (tertiary/aromatic N) is 3. The van der Waals surface area contributed by atoms with Gasteiger partial charge in [0.05, 0.1) is 18.4 Å². The first-order chi connectivity index (χ1) is 13.1. The molecular weight excluding hydrogens is 348 g/mol. The van der Waals surface area contributed by atoms with E-state index < -0.39 is 6.10 Å². The van der Waals surface area contributed by atoms with Gasteiger partial charge in [-0.25, -0.2) is 0 Å². The Bertz CT molecular complexity index is 756. The van der Waals surface area contributed by atoms with E-state index in [1.165, 1.54) is 10.9 Å². The molecule has 1 aromatic carbocycles. The number of rotatable bonds is 8. The molecule has 1 aliphatic rings. The molecule has 2 heterocycles. The maximum absolute atomic E-state index is 12.3. The summed E-state index contributed by atoms with van der Waals surface area (Å²) in [5, 5.41) is 6.90. The number of hydrogen-bond acceptors (Lipinski definition) is 5. The normalized spacial score (nSPS) is 16.1. The van der Waals surface area contributed by atoms with E-state index in [0.29, 0.717) is 25.4 Å². The molecule has 1 N–H and O–H groups in total. The molecule has 0 saturated carbocycles. The molecule has 0 radical (unpaired) electrons. The zero-order valence-electron chi connectivity index (χ0n) is 15.3. The third-order valence-electron chi connectivity index (χ3n) is 4.28. The molecule has 1 unspecified atom stereocenters. The molecule has 1 fully saturated rings. The highest BCUT2D eigenvalue weighted by Gasteiger charge is 2.23. The Morgan fingerprint density at radius 2 is 2.19 bits per heavy atom. The van der Waals surface area contributed by atoms with Crippen molar-refractivity contribution in [2.45, 2.75) is 25.5 Å². The number of ether oxygens (including phenoxy) is 2. The first-order valence-corrected chi connectivity index (χ1v) is 8.98. The molecule has 1 atom stereocenters. The van der Waals surface area contributed by atoms with Crippen LogP contribution in [0.3, 0.4) is 0 Å². The summed E-state index contributed by atoms with van der Waals surface area (Å²) in [5.74, 6) is 0.511. The molecule has 0 spiro atoms. The van der Waals surface area contributed by atoms with Crippen LogP contribution in [-0.2, 0) is 20.9 Å². The predicted molar refractivity (Wildman–Crippen MR) is 99.4 cm³/mol. The summed E-state index contributed by atoms with van der Waals surface area (Å²) >= 11 is 0. The standard InChI is InChI=1S/C19H24N4O4/c1-22(9-11-26-16-6-3-2-4-7-16)18(24)14-23-13-15(12-20-23)21-19(25)17-8-5-10-27-17/h2-4,6-7,12-13,17H,5,8-11,14H2,1H3,(H,21,25). The second-order valence-corrected chi connectivity index (χ2v) is 6.39.